The fourth-order valence-corrected chi connectivity index (χ4v) is 4.52. The molecule has 3 rings (SSSR count). The van der Waals surface area contributed by atoms with Gasteiger partial charge in [-0.05, 0) is 56.0 Å². The number of hydrogen-bond donors (Lipinski definition) is 2. The first-order chi connectivity index (χ1) is 13.7. The summed E-state index contributed by atoms with van der Waals surface area (Å²) in [7, 11) is 0. The predicted molar refractivity (Wildman–Crippen MR) is 112 cm³/mol. The number of benzene rings is 1. The zero-order valence-corrected chi connectivity index (χ0v) is 17.1. The minimum atomic E-state index is 0.0522. The molecule has 1 aromatic carbocycles. The molecule has 1 aromatic rings. The van der Waals surface area contributed by atoms with Gasteiger partial charge >= 0.3 is 0 Å². The van der Waals surface area contributed by atoms with Crippen LogP contribution in [0.4, 0.5) is 5.69 Å². The zero-order chi connectivity index (χ0) is 19.9. The summed E-state index contributed by atoms with van der Waals surface area (Å²) < 4.78 is 0. The van der Waals surface area contributed by atoms with E-state index in [0.29, 0.717) is 19.6 Å². The third kappa shape index (κ3) is 5.04. The van der Waals surface area contributed by atoms with Gasteiger partial charge in [0.1, 0.15) is 0 Å². The minimum Gasteiger partial charge on any atom is -0.396 e. The second-order valence-electron chi connectivity index (χ2n) is 8.12. The van der Waals surface area contributed by atoms with Crippen LogP contribution in [0.5, 0.6) is 0 Å². The topological polar surface area (TPSA) is 67.2 Å². The van der Waals surface area contributed by atoms with Crippen molar-refractivity contribution in [2.45, 2.75) is 26.2 Å². The first kappa shape index (κ1) is 21.1. The molecule has 2 N–H and O–H groups in total. The monoisotopic (exact) mass is 389 g/mol. The molecule has 2 aliphatic rings. The third-order valence-corrected chi connectivity index (χ3v) is 6.29. The molecular weight excluding hydrogens is 354 g/mol. The molecule has 0 spiro atoms. The lowest BCUT2D eigenvalue weighted by Crippen LogP contribution is -2.36. The molecule has 0 saturated carbocycles. The predicted octanol–water partition coefficient (Wildman–Crippen LogP) is 1.67. The summed E-state index contributed by atoms with van der Waals surface area (Å²) in [5.74, 6) is 0.397. The Bertz CT molecular complexity index is 616. The maximum Gasteiger partial charge on any atom is 0.253 e. The van der Waals surface area contributed by atoms with Crippen molar-refractivity contribution >= 4 is 11.6 Å². The molecule has 0 radical (unpaired) electrons. The number of amides is 1. The normalized spacial score (nSPS) is 22.9. The van der Waals surface area contributed by atoms with Crippen molar-refractivity contribution in [3.63, 3.8) is 0 Å². The number of aliphatic hydroxyl groups is 2. The molecule has 2 atom stereocenters. The van der Waals surface area contributed by atoms with Gasteiger partial charge in [0, 0.05) is 63.0 Å². The van der Waals surface area contributed by atoms with Crippen LogP contribution in [-0.4, -0.2) is 84.9 Å². The fraction of sp³-hybridized carbons (Fsp3) is 0.682. The van der Waals surface area contributed by atoms with Crippen LogP contribution in [0.3, 0.4) is 0 Å². The van der Waals surface area contributed by atoms with Gasteiger partial charge in [0.15, 0.2) is 0 Å². The van der Waals surface area contributed by atoms with Crippen LogP contribution >= 0.6 is 0 Å². The van der Waals surface area contributed by atoms with Crippen LogP contribution in [0, 0.1) is 11.8 Å². The van der Waals surface area contributed by atoms with E-state index in [2.05, 4.69) is 28.9 Å². The Hall–Kier alpha value is -1.63. The van der Waals surface area contributed by atoms with Gasteiger partial charge in [0.05, 0.1) is 6.61 Å². The Kier molecular flexibility index (Phi) is 7.71. The van der Waals surface area contributed by atoms with Gasteiger partial charge < -0.3 is 24.9 Å². The molecule has 2 saturated heterocycles. The Morgan fingerprint density at radius 1 is 1.07 bits per heavy atom. The second-order valence-corrected chi connectivity index (χ2v) is 8.12. The largest absolute Gasteiger partial charge is 0.396 e. The van der Waals surface area contributed by atoms with Crippen molar-refractivity contribution in [2.24, 2.45) is 11.8 Å². The molecule has 2 fully saturated rings. The van der Waals surface area contributed by atoms with Gasteiger partial charge in [0.2, 0.25) is 0 Å². The number of likely N-dealkylation sites (N-methyl/N-ethyl adjacent to an activating group) is 1. The van der Waals surface area contributed by atoms with E-state index in [1.807, 2.05) is 17.0 Å². The highest BCUT2D eigenvalue weighted by atomic mass is 16.3. The van der Waals surface area contributed by atoms with Crippen molar-refractivity contribution < 1.29 is 15.0 Å². The average Bonchev–Trinajstić information content (AvgIpc) is 3.16. The molecular formula is C22H35N3O3. The Morgan fingerprint density at radius 2 is 1.75 bits per heavy atom. The number of piperidine rings is 1. The van der Waals surface area contributed by atoms with E-state index in [0.717, 1.165) is 31.7 Å². The standard InChI is InChI=1S/C22H35N3O3/c1-2-23(12-13-26)14-19-15-25(16-20(19)17-27)22(28)18-6-8-21(9-7-18)24-10-4-3-5-11-24/h6-9,19-20,26-27H,2-5,10-17H2,1H3. The Morgan fingerprint density at radius 3 is 2.36 bits per heavy atom. The lowest BCUT2D eigenvalue weighted by molar-refractivity contribution is 0.0778. The van der Waals surface area contributed by atoms with Gasteiger partial charge in [-0.3, -0.25) is 4.79 Å². The van der Waals surface area contributed by atoms with E-state index in [1.54, 1.807) is 0 Å². The first-order valence-electron chi connectivity index (χ1n) is 10.7. The second kappa shape index (κ2) is 10.2. The first-order valence-corrected chi connectivity index (χ1v) is 10.7. The minimum absolute atomic E-state index is 0.0522. The van der Waals surface area contributed by atoms with Gasteiger partial charge in [-0.1, -0.05) is 6.92 Å². The third-order valence-electron chi connectivity index (χ3n) is 6.29. The summed E-state index contributed by atoms with van der Waals surface area (Å²) in [5.41, 5.74) is 1.92. The van der Waals surface area contributed by atoms with Crippen LogP contribution in [0.2, 0.25) is 0 Å². The molecule has 2 heterocycles. The van der Waals surface area contributed by atoms with E-state index < -0.39 is 0 Å². The molecule has 0 bridgehead atoms. The number of nitrogens with zero attached hydrogens (tertiary/aromatic N) is 3. The number of aliphatic hydroxyl groups excluding tert-OH is 2. The van der Waals surface area contributed by atoms with Crippen molar-refractivity contribution in [1.82, 2.24) is 9.80 Å². The van der Waals surface area contributed by atoms with Crippen LogP contribution < -0.4 is 4.90 Å². The molecule has 2 aliphatic heterocycles. The maximum absolute atomic E-state index is 13.0. The number of likely N-dealkylation sites (tertiary alicyclic amines) is 1. The molecule has 156 valence electrons. The molecule has 0 aliphatic carbocycles. The Labute approximate surface area is 168 Å². The molecule has 6 heteroatoms. The zero-order valence-electron chi connectivity index (χ0n) is 17.1. The maximum atomic E-state index is 13.0. The van der Waals surface area contributed by atoms with Crippen LogP contribution in [0.15, 0.2) is 24.3 Å². The van der Waals surface area contributed by atoms with Crippen molar-refractivity contribution in [2.75, 3.05) is 63.9 Å². The van der Waals surface area contributed by atoms with Gasteiger partial charge in [-0.2, -0.15) is 0 Å². The molecule has 0 aromatic heterocycles. The number of carbonyl (C=O) groups excluding carboxylic acids is 1. The van der Waals surface area contributed by atoms with Crippen molar-refractivity contribution in [1.29, 1.82) is 0 Å². The average molecular weight is 390 g/mol. The molecule has 2 unspecified atom stereocenters. The van der Waals surface area contributed by atoms with E-state index in [4.69, 9.17) is 0 Å². The summed E-state index contributed by atoms with van der Waals surface area (Å²) in [6, 6.07) is 8.01. The highest BCUT2D eigenvalue weighted by molar-refractivity contribution is 5.94. The van der Waals surface area contributed by atoms with Gasteiger partial charge in [-0.15, -0.1) is 0 Å². The van der Waals surface area contributed by atoms with Crippen LogP contribution in [0.1, 0.15) is 36.5 Å². The van der Waals surface area contributed by atoms with Crippen LogP contribution in [0.25, 0.3) is 0 Å². The van der Waals surface area contributed by atoms with E-state index in [1.165, 1.54) is 24.9 Å². The van der Waals surface area contributed by atoms with Gasteiger partial charge in [0.25, 0.3) is 5.91 Å². The lowest BCUT2D eigenvalue weighted by Gasteiger charge is -2.29. The van der Waals surface area contributed by atoms with Crippen molar-refractivity contribution in [3.8, 4) is 0 Å². The highest BCUT2D eigenvalue weighted by Gasteiger charge is 2.35. The summed E-state index contributed by atoms with van der Waals surface area (Å²) in [4.78, 5) is 19.5. The lowest BCUT2D eigenvalue weighted by atomic mass is 9.96. The van der Waals surface area contributed by atoms with Crippen molar-refractivity contribution in [3.05, 3.63) is 29.8 Å². The summed E-state index contributed by atoms with van der Waals surface area (Å²) in [6.45, 7) is 8.07. The molecule has 1 amide bonds. The van der Waals surface area contributed by atoms with E-state index >= 15 is 0 Å². The van der Waals surface area contributed by atoms with Crippen LogP contribution in [-0.2, 0) is 0 Å². The van der Waals surface area contributed by atoms with E-state index in [-0.39, 0.29) is 31.0 Å². The smallest absolute Gasteiger partial charge is 0.253 e. The summed E-state index contributed by atoms with van der Waals surface area (Å²) in [6.07, 6.45) is 3.79. The van der Waals surface area contributed by atoms with Gasteiger partial charge in [-0.25, -0.2) is 0 Å². The quantitative estimate of drug-likeness (QED) is 0.708. The number of carbonyl (C=O) groups is 1. The fourth-order valence-electron chi connectivity index (χ4n) is 4.52. The Balaban J connectivity index is 1.62. The number of rotatable bonds is 8. The highest BCUT2D eigenvalue weighted by Crippen LogP contribution is 2.27. The summed E-state index contributed by atoms with van der Waals surface area (Å²) in [5, 5.41) is 19.0. The molecule has 28 heavy (non-hydrogen) atoms. The number of hydrogen-bond acceptors (Lipinski definition) is 5. The molecule has 6 nitrogen and oxygen atoms in total. The SMILES string of the molecule is CCN(CCO)CC1CN(C(=O)c2ccc(N3CCCCC3)cc2)CC1CO. The summed E-state index contributed by atoms with van der Waals surface area (Å²) >= 11 is 0. The van der Waals surface area contributed by atoms with E-state index in [9.17, 15) is 15.0 Å². The number of anilines is 1.